The summed E-state index contributed by atoms with van der Waals surface area (Å²) < 4.78 is 0. The van der Waals surface area contributed by atoms with Crippen molar-refractivity contribution in [3.8, 4) is 0 Å². The Morgan fingerprint density at radius 1 is 1.40 bits per heavy atom. The van der Waals surface area contributed by atoms with Crippen molar-refractivity contribution in [2.24, 2.45) is 0 Å². The predicted octanol–water partition coefficient (Wildman–Crippen LogP) is -0.0195. The van der Waals surface area contributed by atoms with Gasteiger partial charge in [0.05, 0.1) is 6.04 Å². The molecule has 88 valence electrons. The van der Waals surface area contributed by atoms with Crippen LogP contribution in [0.2, 0.25) is 0 Å². The van der Waals surface area contributed by atoms with Crippen molar-refractivity contribution in [1.29, 1.82) is 0 Å². The van der Waals surface area contributed by atoms with Gasteiger partial charge in [0.2, 0.25) is 5.91 Å². The zero-order valence-electron chi connectivity index (χ0n) is 9.16. The van der Waals surface area contributed by atoms with E-state index < -0.39 is 0 Å². The Morgan fingerprint density at radius 3 is 2.80 bits per heavy atom. The summed E-state index contributed by atoms with van der Waals surface area (Å²) in [6.07, 6.45) is 2.15. The second-order valence-corrected chi connectivity index (χ2v) is 4.23. The first kappa shape index (κ1) is 12.7. The van der Waals surface area contributed by atoms with Gasteiger partial charge < -0.3 is 15.5 Å². The standard InChI is InChI=1S/C10H19N3O.ClH/c1-8-7-11-5-6-13(8)10(14)9-3-2-4-12-9;/h8-9,11-12H,2-7H2,1H3;1H/t8?,9-;/m0./s1. The Morgan fingerprint density at radius 2 is 2.20 bits per heavy atom. The first-order valence-corrected chi connectivity index (χ1v) is 5.53. The van der Waals surface area contributed by atoms with Crippen LogP contribution in [-0.4, -0.2) is 49.1 Å². The molecule has 0 aromatic heterocycles. The van der Waals surface area contributed by atoms with Crippen molar-refractivity contribution in [2.45, 2.75) is 31.8 Å². The predicted molar refractivity (Wildman–Crippen MR) is 62.3 cm³/mol. The minimum absolute atomic E-state index is 0. The summed E-state index contributed by atoms with van der Waals surface area (Å²) >= 11 is 0. The lowest BCUT2D eigenvalue weighted by molar-refractivity contribution is -0.135. The molecule has 2 aliphatic rings. The zero-order chi connectivity index (χ0) is 9.97. The van der Waals surface area contributed by atoms with Crippen LogP contribution in [0.5, 0.6) is 0 Å². The molecule has 0 saturated carbocycles. The van der Waals surface area contributed by atoms with Crippen LogP contribution >= 0.6 is 12.4 Å². The van der Waals surface area contributed by atoms with Crippen molar-refractivity contribution in [1.82, 2.24) is 15.5 Å². The molecule has 0 aromatic carbocycles. The van der Waals surface area contributed by atoms with Crippen LogP contribution in [0.25, 0.3) is 0 Å². The average Bonchev–Trinajstić information content (AvgIpc) is 2.70. The van der Waals surface area contributed by atoms with Crippen molar-refractivity contribution in [3.05, 3.63) is 0 Å². The highest BCUT2D eigenvalue weighted by Crippen LogP contribution is 2.11. The summed E-state index contributed by atoms with van der Waals surface area (Å²) in [5.41, 5.74) is 0. The summed E-state index contributed by atoms with van der Waals surface area (Å²) in [7, 11) is 0. The molecule has 15 heavy (non-hydrogen) atoms. The number of hydrogen-bond donors (Lipinski definition) is 2. The minimum Gasteiger partial charge on any atom is -0.336 e. The van der Waals surface area contributed by atoms with E-state index in [2.05, 4.69) is 17.6 Å². The molecule has 1 unspecified atom stereocenters. The number of piperazine rings is 1. The van der Waals surface area contributed by atoms with Gasteiger partial charge in [0.15, 0.2) is 0 Å². The summed E-state index contributed by atoms with van der Waals surface area (Å²) in [4.78, 5) is 14.1. The van der Waals surface area contributed by atoms with Crippen LogP contribution in [0.15, 0.2) is 0 Å². The molecule has 0 aliphatic carbocycles. The third-order valence-electron chi connectivity index (χ3n) is 3.14. The van der Waals surface area contributed by atoms with Crippen LogP contribution in [-0.2, 0) is 4.79 Å². The zero-order valence-corrected chi connectivity index (χ0v) is 9.98. The van der Waals surface area contributed by atoms with Gasteiger partial charge in [-0.15, -0.1) is 12.4 Å². The first-order chi connectivity index (χ1) is 6.79. The monoisotopic (exact) mass is 233 g/mol. The Kier molecular flexibility index (Phi) is 4.83. The molecular formula is C10H20ClN3O. The molecule has 0 aromatic rings. The number of amides is 1. The molecule has 2 atom stereocenters. The number of nitrogens with one attached hydrogen (secondary N) is 2. The summed E-state index contributed by atoms with van der Waals surface area (Å²) in [5, 5.41) is 6.56. The van der Waals surface area contributed by atoms with Gasteiger partial charge in [-0.3, -0.25) is 4.79 Å². The van der Waals surface area contributed by atoms with Gasteiger partial charge in [-0.2, -0.15) is 0 Å². The van der Waals surface area contributed by atoms with E-state index in [4.69, 9.17) is 0 Å². The smallest absolute Gasteiger partial charge is 0.240 e. The van der Waals surface area contributed by atoms with Crippen LogP contribution < -0.4 is 10.6 Å². The molecule has 2 heterocycles. The minimum atomic E-state index is 0. The topological polar surface area (TPSA) is 44.4 Å². The fourth-order valence-corrected chi connectivity index (χ4v) is 2.26. The van der Waals surface area contributed by atoms with Crippen molar-refractivity contribution < 1.29 is 4.79 Å². The molecule has 2 N–H and O–H groups in total. The van der Waals surface area contributed by atoms with Gasteiger partial charge in [0.1, 0.15) is 0 Å². The highest BCUT2D eigenvalue weighted by atomic mass is 35.5. The lowest BCUT2D eigenvalue weighted by Crippen LogP contribution is -2.56. The number of carbonyl (C=O) groups excluding carboxylic acids is 1. The number of halogens is 1. The second kappa shape index (κ2) is 5.68. The van der Waals surface area contributed by atoms with E-state index in [-0.39, 0.29) is 18.4 Å². The second-order valence-electron chi connectivity index (χ2n) is 4.23. The molecule has 2 aliphatic heterocycles. The molecule has 0 bridgehead atoms. The summed E-state index contributed by atoms with van der Waals surface area (Å²) in [5.74, 6) is 0.302. The molecule has 2 rings (SSSR count). The Hall–Kier alpha value is -0.320. The molecule has 0 radical (unpaired) electrons. The fraction of sp³-hybridized carbons (Fsp3) is 0.900. The Labute approximate surface area is 97.2 Å². The Bertz CT molecular complexity index is 219. The third kappa shape index (κ3) is 2.83. The molecular weight excluding hydrogens is 214 g/mol. The van der Waals surface area contributed by atoms with Crippen LogP contribution in [0, 0.1) is 0 Å². The van der Waals surface area contributed by atoms with E-state index in [1.807, 2.05) is 4.90 Å². The largest absolute Gasteiger partial charge is 0.336 e. The van der Waals surface area contributed by atoms with Gasteiger partial charge in [-0.05, 0) is 26.3 Å². The number of rotatable bonds is 1. The van der Waals surface area contributed by atoms with E-state index in [0.29, 0.717) is 11.9 Å². The SMILES string of the molecule is CC1CNCCN1C(=O)[C@@H]1CCCN1.Cl. The highest BCUT2D eigenvalue weighted by molar-refractivity contribution is 5.85. The van der Waals surface area contributed by atoms with Gasteiger partial charge in [0.25, 0.3) is 0 Å². The molecule has 0 spiro atoms. The maximum Gasteiger partial charge on any atom is 0.240 e. The molecule has 2 saturated heterocycles. The van der Waals surface area contributed by atoms with Gasteiger partial charge >= 0.3 is 0 Å². The lowest BCUT2D eigenvalue weighted by atomic mass is 10.1. The summed E-state index contributed by atoms with van der Waals surface area (Å²) in [6.45, 7) is 5.83. The third-order valence-corrected chi connectivity index (χ3v) is 3.14. The van der Waals surface area contributed by atoms with Crippen LogP contribution in [0.4, 0.5) is 0 Å². The normalized spacial score (nSPS) is 31.1. The molecule has 2 fully saturated rings. The number of nitrogens with zero attached hydrogens (tertiary/aromatic N) is 1. The summed E-state index contributed by atoms with van der Waals surface area (Å²) in [6, 6.07) is 0.439. The van der Waals surface area contributed by atoms with E-state index >= 15 is 0 Å². The average molecular weight is 234 g/mol. The van der Waals surface area contributed by atoms with Gasteiger partial charge in [-0.25, -0.2) is 0 Å². The van der Waals surface area contributed by atoms with Gasteiger partial charge in [-0.1, -0.05) is 0 Å². The highest BCUT2D eigenvalue weighted by Gasteiger charge is 2.30. The van der Waals surface area contributed by atoms with Gasteiger partial charge in [0, 0.05) is 25.7 Å². The maximum absolute atomic E-state index is 12.0. The van der Waals surface area contributed by atoms with Crippen LogP contribution in [0.1, 0.15) is 19.8 Å². The fourth-order valence-electron chi connectivity index (χ4n) is 2.26. The number of carbonyl (C=O) groups is 1. The quantitative estimate of drug-likeness (QED) is 0.669. The lowest BCUT2D eigenvalue weighted by Gasteiger charge is -2.35. The van der Waals surface area contributed by atoms with Crippen molar-refractivity contribution in [2.75, 3.05) is 26.2 Å². The Balaban J connectivity index is 0.00000112. The first-order valence-electron chi connectivity index (χ1n) is 5.53. The molecule has 1 amide bonds. The van der Waals surface area contributed by atoms with E-state index in [1.54, 1.807) is 0 Å². The van der Waals surface area contributed by atoms with Crippen molar-refractivity contribution in [3.63, 3.8) is 0 Å². The molecule has 5 heteroatoms. The van der Waals surface area contributed by atoms with E-state index in [9.17, 15) is 4.79 Å². The molecule has 4 nitrogen and oxygen atoms in total. The number of hydrogen-bond acceptors (Lipinski definition) is 3. The maximum atomic E-state index is 12.0. The van der Waals surface area contributed by atoms with E-state index in [0.717, 1.165) is 39.0 Å². The van der Waals surface area contributed by atoms with Crippen LogP contribution in [0.3, 0.4) is 0 Å². The van der Waals surface area contributed by atoms with E-state index in [1.165, 1.54) is 0 Å². The van der Waals surface area contributed by atoms with Crippen molar-refractivity contribution >= 4 is 18.3 Å².